The fourth-order valence-corrected chi connectivity index (χ4v) is 5.01. The Bertz CT molecular complexity index is 562. The lowest BCUT2D eigenvalue weighted by atomic mass is 9.61. The van der Waals surface area contributed by atoms with Gasteiger partial charge in [0.1, 0.15) is 0 Å². The van der Waals surface area contributed by atoms with Crippen LogP contribution in [0.5, 0.6) is 0 Å². The van der Waals surface area contributed by atoms with E-state index in [-0.39, 0.29) is 5.91 Å². The Balaban J connectivity index is 1.40. The molecule has 0 unspecified atom stereocenters. The third kappa shape index (κ3) is 3.01. The van der Waals surface area contributed by atoms with Gasteiger partial charge in [0.05, 0.1) is 12.5 Å². The number of halogens is 1. The van der Waals surface area contributed by atoms with E-state index >= 15 is 0 Å². The average Bonchev–Trinajstić information content (AvgIpc) is 3.18. The number of ether oxygens (including phenoxy) is 1. The molecule has 2 aliphatic carbocycles. The van der Waals surface area contributed by atoms with Crippen LogP contribution in [-0.2, 0) is 16.0 Å². The highest BCUT2D eigenvalue weighted by Crippen LogP contribution is 2.51. The number of hydrogen-bond acceptors (Lipinski definition) is 2. The van der Waals surface area contributed by atoms with Crippen molar-refractivity contribution in [3.63, 3.8) is 0 Å². The van der Waals surface area contributed by atoms with Gasteiger partial charge in [-0.3, -0.25) is 4.79 Å². The van der Waals surface area contributed by atoms with Crippen LogP contribution in [0.1, 0.15) is 37.7 Å². The fourth-order valence-electron chi connectivity index (χ4n) is 4.88. The monoisotopic (exact) mass is 333 g/mol. The van der Waals surface area contributed by atoms with Gasteiger partial charge in [-0.05, 0) is 30.0 Å². The Hall–Kier alpha value is -1.06. The minimum atomic E-state index is 0.130. The summed E-state index contributed by atoms with van der Waals surface area (Å²) < 4.78 is 5.95. The number of benzene rings is 1. The van der Waals surface area contributed by atoms with Crippen molar-refractivity contribution in [1.29, 1.82) is 0 Å². The Labute approximate surface area is 142 Å². The van der Waals surface area contributed by atoms with Crippen LogP contribution in [0.15, 0.2) is 24.3 Å². The molecule has 4 heteroatoms. The molecule has 1 saturated heterocycles. The van der Waals surface area contributed by atoms with Crippen LogP contribution in [0.4, 0.5) is 0 Å². The molecule has 4 rings (SSSR count). The molecule has 3 fully saturated rings. The van der Waals surface area contributed by atoms with E-state index < -0.39 is 0 Å². The molecule has 0 bridgehead atoms. The van der Waals surface area contributed by atoms with Crippen molar-refractivity contribution >= 4 is 17.5 Å². The van der Waals surface area contributed by atoms with Crippen molar-refractivity contribution in [2.45, 2.75) is 50.7 Å². The molecule has 0 radical (unpaired) electrons. The lowest BCUT2D eigenvalue weighted by Crippen LogP contribution is -2.63. The molecule has 0 spiro atoms. The maximum absolute atomic E-state index is 12.5. The summed E-state index contributed by atoms with van der Waals surface area (Å²) in [4.78, 5) is 12.5. The van der Waals surface area contributed by atoms with E-state index in [0.29, 0.717) is 35.4 Å². The van der Waals surface area contributed by atoms with Gasteiger partial charge in [0, 0.05) is 29.5 Å². The molecule has 0 aromatic heterocycles. The van der Waals surface area contributed by atoms with Crippen molar-refractivity contribution in [2.75, 3.05) is 6.61 Å². The molecule has 3 nitrogen and oxygen atoms in total. The van der Waals surface area contributed by atoms with Crippen LogP contribution in [0.3, 0.4) is 0 Å². The first-order valence-corrected chi connectivity index (χ1v) is 9.25. The van der Waals surface area contributed by atoms with Crippen molar-refractivity contribution in [3.05, 3.63) is 34.9 Å². The summed E-state index contributed by atoms with van der Waals surface area (Å²) >= 11 is 5.90. The molecule has 2 saturated carbocycles. The van der Waals surface area contributed by atoms with Crippen LogP contribution < -0.4 is 5.32 Å². The first kappa shape index (κ1) is 15.5. The highest BCUT2D eigenvalue weighted by atomic mass is 35.5. The van der Waals surface area contributed by atoms with Gasteiger partial charge in [0.2, 0.25) is 5.91 Å². The van der Waals surface area contributed by atoms with Crippen molar-refractivity contribution < 1.29 is 9.53 Å². The number of carbonyl (C=O) groups is 1. The number of amides is 1. The molecular weight excluding hydrogens is 310 g/mol. The number of rotatable bonds is 4. The van der Waals surface area contributed by atoms with E-state index in [9.17, 15) is 4.79 Å². The molecule has 23 heavy (non-hydrogen) atoms. The molecule has 1 heterocycles. The zero-order valence-electron chi connectivity index (χ0n) is 13.3. The lowest BCUT2D eigenvalue weighted by molar-refractivity contribution is -0.129. The molecule has 124 valence electrons. The van der Waals surface area contributed by atoms with E-state index in [1.807, 2.05) is 24.3 Å². The Kier molecular flexibility index (Phi) is 4.33. The molecule has 1 N–H and O–H groups in total. The van der Waals surface area contributed by atoms with E-state index in [0.717, 1.165) is 24.5 Å². The van der Waals surface area contributed by atoms with Gasteiger partial charge in [0.25, 0.3) is 0 Å². The summed E-state index contributed by atoms with van der Waals surface area (Å²) in [6.45, 7) is 0.863. The molecule has 1 amide bonds. The zero-order chi connectivity index (χ0) is 15.8. The second kappa shape index (κ2) is 6.45. The molecule has 3 aliphatic rings. The normalized spacial score (nSPS) is 33.3. The molecule has 4 atom stereocenters. The molecular formula is C19H24ClNO2. The van der Waals surface area contributed by atoms with E-state index in [1.165, 1.54) is 25.7 Å². The van der Waals surface area contributed by atoms with Crippen LogP contribution in [0.25, 0.3) is 0 Å². The van der Waals surface area contributed by atoms with Crippen molar-refractivity contribution in [2.24, 2.45) is 17.8 Å². The second-order valence-corrected chi connectivity index (χ2v) is 7.74. The van der Waals surface area contributed by atoms with Crippen molar-refractivity contribution in [3.8, 4) is 0 Å². The molecule has 1 aromatic carbocycles. The van der Waals surface area contributed by atoms with Gasteiger partial charge in [-0.15, -0.1) is 0 Å². The standard InChI is InChI=1S/C19H24ClNO2/c20-14-7-5-12(6-8-14)11-16(22)21-18-15-9-10-23-19(15)17(18)13-3-1-2-4-13/h5-8,13,15,17-19H,1-4,9-11H2,(H,21,22)/t15-,17+,18+,19-/m0/s1. The first-order valence-electron chi connectivity index (χ1n) is 8.88. The maximum Gasteiger partial charge on any atom is 0.224 e. The SMILES string of the molecule is O=C(Cc1ccc(Cl)cc1)N[C@@H]1[C@@H]2CCO[C@@H]2[C@@H]1C1CCCC1. The van der Waals surface area contributed by atoms with Gasteiger partial charge in [-0.25, -0.2) is 0 Å². The average molecular weight is 334 g/mol. The third-order valence-electron chi connectivity index (χ3n) is 5.99. The smallest absolute Gasteiger partial charge is 0.224 e. The first-order chi connectivity index (χ1) is 11.2. The predicted octanol–water partition coefficient (Wildman–Crippen LogP) is 3.59. The van der Waals surface area contributed by atoms with E-state index in [4.69, 9.17) is 16.3 Å². The van der Waals surface area contributed by atoms with Gasteiger partial charge in [-0.2, -0.15) is 0 Å². The summed E-state index contributed by atoms with van der Waals surface area (Å²) in [5.74, 6) is 1.95. The minimum Gasteiger partial charge on any atom is -0.377 e. The Morgan fingerprint density at radius 3 is 2.65 bits per heavy atom. The maximum atomic E-state index is 12.5. The Morgan fingerprint density at radius 1 is 1.17 bits per heavy atom. The summed E-state index contributed by atoms with van der Waals surface area (Å²) in [7, 11) is 0. The van der Waals surface area contributed by atoms with Crippen LogP contribution >= 0.6 is 11.6 Å². The lowest BCUT2D eigenvalue weighted by Gasteiger charge is -2.50. The minimum absolute atomic E-state index is 0.130. The van der Waals surface area contributed by atoms with Crippen molar-refractivity contribution in [1.82, 2.24) is 5.32 Å². The van der Waals surface area contributed by atoms with Crippen LogP contribution in [-0.4, -0.2) is 24.7 Å². The summed E-state index contributed by atoms with van der Waals surface area (Å²) in [6.07, 6.45) is 7.22. The predicted molar refractivity (Wildman–Crippen MR) is 90.4 cm³/mol. The third-order valence-corrected chi connectivity index (χ3v) is 6.24. The largest absolute Gasteiger partial charge is 0.377 e. The number of carbonyl (C=O) groups excluding carboxylic acids is 1. The highest BCUT2D eigenvalue weighted by Gasteiger charge is 2.56. The topological polar surface area (TPSA) is 38.3 Å². The molecule has 1 aliphatic heterocycles. The highest BCUT2D eigenvalue weighted by molar-refractivity contribution is 6.30. The second-order valence-electron chi connectivity index (χ2n) is 7.31. The Morgan fingerprint density at radius 2 is 1.91 bits per heavy atom. The van der Waals surface area contributed by atoms with Gasteiger partial charge < -0.3 is 10.1 Å². The van der Waals surface area contributed by atoms with E-state index in [2.05, 4.69) is 5.32 Å². The van der Waals surface area contributed by atoms with Gasteiger partial charge >= 0.3 is 0 Å². The van der Waals surface area contributed by atoms with Gasteiger partial charge in [0.15, 0.2) is 0 Å². The summed E-state index contributed by atoms with van der Waals surface area (Å²) in [6, 6.07) is 7.87. The fraction of sp³-hybridized carbons (Fsp3) is 0.632. The van der Waals surface area contributed by atoms with E-state index in [1.54, 1.807) is 0 Å². The number of nitrogens with one attached hydrogen (secondary N) is 1. The summed E-state index contributed by atoms with van der Waals surface area (Å²) in [5.41, 5.74) is 1.02. The van der Waals surface area contributed by atoms with Gasteiger partial charge in [-0.1, -0.05) is 49.4 Å². The van der Waals surface area contributed by atoms with Crippen LogP contribution in [0.2, 0.25) is 5.02 Å². The molecule has 1 aromatic rings. The quantitative estimate of drug-likeness (QED) is 0.914. The zero-order valence-corrected chi connectivity index (χ0v) is 14.1. The van der Waals surface area contributed by atoms with Crippen LogP contribution in [0, 0.1) is 17.8 Å². The number of hydrogen-bond donors (Lipinski definition) is 1. The number of fused-ring (bicyclic) bond motifs is 1. The summed E-state index contributed by atoms with van der Waals surface area (Å²) in [5, 5.41) is 4.03.